The summed E-state index contributed by atoms with van der Waals surface area (Å²) >= 11 is 1.26. The average molecular weight is 401 g/mol. The lowest BCUT2D eigenvalue weighted by atomic mass is 10.0. The number of hydrogen-bond acceptors (Lipinski definition) is 5. The van der Waals surface area contributed by atoms with Crippen LogP contribution in [-0.4, -0.2) is 36.3 Å². The van der Waals surface area contributed by atoms with Crippen LogP contribution in [0.3, 0.4) is 0 Å². The number of anilines is 1. The van der Waals surface area contributed by atoms with Gasteiger partial charge in [-0.3, -0.25) is 4.79 Å². The minimum absolute atomic E-state index is 0.125. The van der Waals surface area contributed by atoms with Crippen molar-refractivity contribution in [3.8, 4) is 11.3 Å². The highest BCUT2D eigenvalue weighted by Crippen LogP contribution is 2.28. The fraction of sp³-hybridized carbons (Fsp3) is 0.353. The van der Waals surface area contributed by atoms with Crippen molar-refractivity contribution in [2.45, 2.75) is 26.4 Å². The lowest BCUT2D eigenvalue weighted by Gasteiger charge is -2.08. The molecule has 2 rings (SSSR count). The van der Waals surface area contributed by atoms with Crippen LogP contribution in [0.5, 0.6) is 0 Å². The van der Waals surface area contributed by atoms with E-state index in [0.717, 1.165) is 22.4 Å². The van der Waals surface area contributed by atoms with Crippen LogP contribution in [0.4, 0.5) is 23.1 Å². The number of aryl methyl sites for hydroxylation is 2. The van der Waals surface area contributed by atoms with Gasteiger partial charge in [-0.1, -0.05) is 23.8 Å². The maximum atomic E-state index is 11.9. The van der Waals surface area contributed by atoms with E-state index in [1.54, 1.807) is 0 Å². The number of halogens is 3. The van der Waals surface area contributed by atoms with Crippen molar-refractivity contribution in [3.05, 3.63) is 34.7 Å². The molecule has 1 aromatic heterocycles. The first-order valence-corrected chi connectivity index (χ1v) is 8.82. The molecule has 0 spiro atoms. The van der Waals surface area contributed by atoms with E-state index in [-0.39, 0.29) is 13.0 Å². The first-order valence-electron chi connectivity index (χ1n) is 7.94. The van der Waals surface area contributed by atoms with Crippen LogP contribution in [-0.2, 0) is 9.53 Å². The van der Waals surface area contributed by atoms with E-state index in [2.05, 4.69) is 20.4 Å². The Kier molecular flexibility index (Phi) is 6.78. The van der Waals surface area contributed by atoms with Crippen molar-refractivity contribution >= 4 is 28.5 Å². The number of alkyl carbamates (subject to hydrolysis) is 1. The summed E-state index contributed by atoms with van der Waals surface area (Å²) in [7, 11) is 0. The SMILES string of the molecule is Cc1ccc(-c2csc(NC(=O)CCNC(=O)OCC(F)(F)F)n2)c(C)c1. The second kappa shape index (κ2) is 8.85. The van der Waals surface area contributed by atoms with Crippen molar-refractivity contribution in [2.24, 2.45) is 0 Å². The summed E-state index contributed by atoms with van der Waals surface area (Å²) in [6.45, 7) is 2.14. The summed E-state index contributed by atoms with van der Waals surface area (Å²) in [6.07, 6.45) is -5.95. The molecule has 0 aliphatic heterocycles. The standard InChI is InChI=1S/C17H18F3N3O3S/c1-10-3-4-12(11(2)7-10)13-8-27-15(22-13)23-14(24)5-6-21-16(25)26-9-17(18,19)20/h3-4,7-8H,5-6,9H2,1-2H3,(H,21,25)(H,22,23,24). The molecule has 1 aromatic carbocycles. The molecule has 2 N–H and O–H groups in total. The molecule has 0 aliphatic rings. The first-order chi connectivity index (χ1) is 12.6. The lowest BCUT2D eigenvalue weighted by Crippen LogP contribution is -2.31. The predicted molar refractivity (Wildman–Crippen MR) is 95.7 cm³/mol. The fourth-order valence-electron chi connectivity index (χ4n) is 2.21. The van der Waals surface area contributed by atoms with Gasteiger partial charge in [-0.2, -0.15) is 13.2 Å². The number of hydrogen-bond donors (Lipinski definition) is 2. The van der Waals surface area contributed by atoms with Crippen molar-refractivity contribution in [1.82, 2.24) is 10.3 Å². The second-order valence-electron chi connectivity index (χ2n) is 5.77. The summed E-state index contributed by atoms with van der Waals surface area (Å²) in [6, 6.07) is 5.97. The molecule has 146 valence electrons. The molecule has 0 saturated heterocycles. The molecular weight excluding hydrogens is 383 g/mol. The van der Waals surface area contributed by atoms with Gasteiger partial charge in [-0.05, 0) is 19.4 Å². The Hall–Kier alpha value is -2.62. The van der Waals surface area contributed by atoms with E-state index < -0.39 is 24.8 Å². The van der Waals surface area contributed by atoms with E-state index in [9.17, 15) is 22.8 Å². The van der Waals surface area contributed by atoms with E-state index in [1.165, 1.54) is 11.3 Å². The zero-order chi connectivity index (χ0) is 20.0. The summed E-state index contributed by atoms with van der Waals surface area (Å²) in [5, 5.41) is 6.88. The topological polar surface area (TPSA) is 80.3 Å². The van der Waals surface area contributed by atoms with Crippen LogP contribution in [0.1, 0.15) is 17.5 Å². The normalized spacial score (nSPS) is 11.1. The van der Waals surface area contributed by atoms with E-state index >= 15 is 0 Å². The highest BCUT2D eigenvalue weighted by Gasteiger charge is 2.29. The molecule has 0 atom stereocenters. The molecule has 0 radical (unpaired) electrons. The molecule has 0 bridgehead atoms. The Bertz CT molecular complexity index is 821. The third-order valence-electron chi connectivity index (χ3n) is 3.40. The van der Waals surface area contributed by atoms with E-state index in [1.807, 2.05) is 37.4 Å². The quantitative estimate of drug-likeness (QED) is 0.766. The molecule has 6 nitrogen and oxygen atoms in total. The Morgan fingerprint density at radius 2 is 2.00 bits per heavy atom. The molecule has 2 amide bonds. The zero-order valence-corrected chi connectivity index (χ0v) is 15.5. The third-order valence-corrected chi connectivity index (χ3v) is 4.15. The van der Waals surface area contributed by atoms with Crippen LogP contribution < -0.4 is 10.6 Å². The summed E-state index contributed by atoms with van der Waals surface area (Å²) in [5.74, 6) is -0.423. The number of ether oxygens (including phenoxy) is 1. The van der Waals surface area contributed by atoms with E-state index in [4.69, 9.17) is 0 Å². The fourth-order valence-corrected chi connectivity index (χ4v) is 2.94. The van der Waals surface area contributed by atoms with Crippen LogP contribution >= 0.6 is 11.3 Å². The molecule has 2 aromatic rings. The predicted octanol–water partition coefficient (Wildman–Crippen LogP) is 4.04. The number of thiazole rings is 1. The van der Waals surface area contributed by atoms with Crippen LogP contribution in [0.25, 0.3) is 11.3 Å². The van der Waals surface area contributed by atoms with E-state index in [0.29, 0.717) is 5.13 Å². The van der Waals surface area contributed by atoms with Crippen LogP contribution in [0, 0.1) is 13.8 Å². The number of nitrogens with one attached hydrogen (secondary N) is 2. The number of carbonyl (C=O) groups is 2. The summed E-state index contributed by atoms with van der Waals surface area (Å²) in [5.41, 5.74) is 3.91. The molecule has 10 heteroatoms. The van der Waals surface area contributed by atoms with Gasteiger partial charge in [0, 0.05) is 23.9 Å². The minimum Gasteiger partial charge on any atom is -0.440 e. The Morgan fingerprint density at radius 3 is 2.67 bits per heavy atom. The van der Waals surface area contributed by atoms with Gasteiger partial charge in [-0.25, -0.2) is 9.78 Å². The molecule has 0 fully saturated rings. The maximum absolute atomic E-state index is 11.9. The number of rotatable bonds is 6. The summed E-state index contributed by atoms with van der Waals surface area (Å²) < 4.78 is 39.7. The number of amides is 2. The van der Waals surface area contributed by atoms with Gasteiger partial charge < -0.3 is 15.4 Å². The highest BCUT2D eigenvalue weighted by atomic mass is 32.1. The molecule has 0 aliphatic carbocycles. The van der Waals surface area contributed by atoms with Crippen molar-refractivity contribution in [2.75, 3.05) is 18.5 Å². The molecule has 0 saturated carbocycles. The third kappa shape index (κ3) is 6.89. The molecule has 1 heterocycles. The number of aromatic nitrogens is 1. The smallest absolute Gasteiger partial charge is 0.422 e. The monoisotopic (exact) mass is 401 g/mol. The van der Waals surface area contributed by atoms with Crippen molar-refractivity contribution < 1.29 is 27.5 Å². The number of carbonyl (C=O) groups excluding carboxylic acids is 2. The second-order valence-corrected chi connectivity index (χ2v) is 6.63. The maximum Gasteiger partial charge on any atom is 0.422 e. The van der Waals surface area contributed by atoms with Gasteiger partial charge in [0.25, 0.3) is 0 Å². The average Bonchev–Trinajstić information content (AvgIpc) is 3.00. The van der Waals surface area contributed by atoms with Gasteiger partial charge in [-0.15, -0.1) is 11.3 Å². The Labute approximate surface area is 157 Å². The van der Waals surface area contributed by atoms with Gasteiger partial charge in [0.2, 0.25) is 5.91 Å². The molecular formula is C17H18F3N3O3S. The van der Waals surface area contributed by atoms with Crippen LogP contribution in [0.2, 0.25) is 0 Å². The minimum atomic E-state index is -4.59. The highest BCUT2D eigenvalue weighted by molar-refractivity contribution is 7.14. The van der Waals surface area contributed by atoms with Gasteiger partial charge in [0.1, 0.15) is 0 Å². The van der Waals surface area contributed by atoms with Gasteiger partial charge >= 0.3 is 12.3 Å². The Balaban J connectivity index is 1.80. The molecule has 27 heavy (non-hydrogen) atoms. The number of nitrogens with zero attached hydrogens (tertiary/aromatic N) is 1. The van der Waals surface area contributed by atoms with Crippen molar-refractivity contribution in [1.29, 1.82) is 0 Å². The molecule has 0 unspecified atom stereocenters. The Morgan fingerprint density at radius 1 is 1.26 bits per heavy atom. The van der Waals surface area contributed by atoms with Crippen LogP contribution in [0.15, 0.2) is 23.6 Å². The van der Waals surface area contributed by atoms with Crippen molar-refractivity contribution in [3.63, 3.8) is 0 Å². The summed E-state index contributed by atoms with van der Waals surface area (Å²) in [4.78, 5) is 27.3. The van der Waals surface area contributed by atoms with Gasteiger partial charge in [0.05, 0.1) is 5.69 Å². The van der Waals surface area contributed by atoms with Gasteiger partial charge in [0.15, 0.2) is 11.7 Å². The number of benzene rings is 1. The zero-order valence-electron chi connectivity index (χ0n) is 14.6. The largest absolute Gasteiger partial charge is 0.440 e. The lowest BCUT2D eigenvalue weighted by molar-refractivity contribution is -0.160. The first kappa shape index (κ1) is 20.7. The number of alkyl halides is 3.